The van der Waals surface area contributed by atoms with Gasteiger partial charge in [-0.25, -0.2) is 0 Å². The van der Waals surface area contributed by atoms with Crippen molar-refractivity contribution in [3.05, 3.63) is 27.7 Å². The highest BCUT2D eigenvalue weighted by Gasteiger charge is 2.30. The van der Waals surface area contributed by atoms with Crippen LogP contribution in [0.25, 0.3) is 0 Å². The molecule has 1 N–H and O–H groups in total. The molecule has 0 aliphatic carbocycles. The first-order valence-electron chi connectivity index (χ1n) is 5.47. The van der Waals surface area contributed by atoms with Crippen molar-refractivity contribution in [1.82, 2.24) is 0 Å². The molecule has 1 aliphatic rings. The number of benzene rings is 1. The summed E-state index contributed by atoms with van der Waals surface area (Å²) in [5.41, 5.74) is 4.33. The van der Waals surface area contributed by atoms with E-state index in [9.17, 15) is 0 Å². The van der Waals surface area contributed by atoms with Crippen molar-refractivity contribution < 1.29 is 0 Å². The molecule has 0 bridgehead atoms. The molecular weight excluding hydrogens is 250 g/mol. The summed E-state index contributed by atoms with van der Waals surface area (Å²) >= 11 is 3.57. The van der Waals surface area contributed by atoms with Gasteiger partial charge in [-0.15, -0.1) is 0 Å². The van der Waals surface area contributed by atoms with E-state index in [2.05, 4.69) is 61.1 Å². The summed E-state index contributed by atoms with van der Waals surface area (Å²) in [5.74, 6) is 0.632. The monoisotopic (exact) mass is 267 g/mol. The molecule has 1 aliphatic heterocycles. The third-order valence-electron chi connectivity index (χ3n) is 3.14. The van der Waals surface area contributed by atoms with E-state index in [1.807, 2.05) is 0 Å². The predicted molar refractivity (Wildman–Crippen MR) is 69.6 cm³/mol. The Labute approximate surface area is 100 Å². The molecule has 1 unspecified atom stereocenters. The molecule has 0 spiro atoms. The normalized spacial score (nSPS) is 23.1. The first-order chi connectivity index (χ1) is 6.89. The van der Waals surface area contributed by atoms with Crippen LogP contribution in [0.5, 0.6) is 0 Å². The summed E-state index contributed by atoms with van der Waals surface area (Å²) in [6, 6.07) is 4.43. The maximum absolute atomic E-state index is 3.64. The average Bonchev–Trinajstić information content (AvgIpc) is 2.06. The summed E-state index contributed by atoms with van der Waals surface area (Å²) in [4.78, 5) is 0. The van der Waals surface area contributed by atoms with E-state index < -0.39 is 0 Å². The number of halogens is 1. The minimum absolute atomic E-state index is 0.213. The first kappa shape index (κ1) is 11.0. The number of nitrogens with one attached hydrogen (secondary N) is 1. The minimum atomic E-state index is 0.213. The lowest BCUT2D eigenvalue weighted by Gasteiger charge is -2.38. The van der Waals surface area contributed by atoms with Gasteiger partial charge in [0.2, 0.25) is 0 Å². The summed E-state index contributed by atoms with van der Waals surface area (Å²) in [7, 11) is 0. The van der Waals surface area contributed by atoms with Crippen molar-refractivity contribution in [3.8, 4) is 0 Å². The number of hydrogen-bond donors (Lipinski definition) is 1. The summed E-state index contributed by atoms with van der Waals surface area (Å²) in [5, 5.41) is 3.64. The summed E-state index contributed by atoms with van der Waals surface area (Å²) < 4.78 is 1.19. The number of fused-ring (bicyclic) bond motifs is 1. The highest BCUT2D eigenvalue weighted by molar-refractivity contribution is 9.10. The van der Waals surface area contributed by atoms with E-state index in [0.29, 0.717) is 5.92 Å². The van der Waals surface area contributed by atoms with Gasteiger partial charge in [-0.05, 0) is 56.4 Å². The van der Waals surface area contributed by atoms with E-state index in [4.69, 9.17) is 0 Å². The molecule has 1 aromatic rings. The quantitative estimate of drug-likeness (QED) is 0.732. The van der Waals surface area contributed by atoms with Crippen molar-refractivity contribution in [2.45, 2.75) is 45.6 Å². The molecule has 1 nitrogen and oxygen atoms in total. The fraction of sp³-hybridized carbons (Fsp3) is 0.538. The number of anilines is 1. The Kier molecular flexibility index (Phi) is 2.58. The van der Waals surface area contributed by atoms with Gasteiger partial charge >= 0.3 is 0 Å². The first-order valence-corrected chi connectivity index (χ1v) is 6.26. The Morgan fingerprint density at radius 1 is 1.40 bits per heavy atom. The lowest BCUT2D eigenvalue weighted by atomic mass is 9.81. The van der Waals surface area contributed by atoms with Crippen molar-refractivity contribution in [2.24, 2.45) is 0 Å². The second-order valence-electron chi connectivity index (χ2n) is 5.30. The molecule has 1 aromatic carbocycles. The van der Waals surface area contributed by atoms with Crippen LogP contribution in [0.3, 0.4) is 0 Å². The molecule has 0 amide bonds. The van der Waals surface area contributed by atoms with E-state index >= 15 is 0 Å². The lowest BCUT2D eigenvalue weighted by molar-refractivity contribution is 0.453. The number of aryl methyl sites for hydroxylation is 1. The van der Waals surface area contributed by atoms with Gasteiger partial charge < -0.3 is 5.32 Å². The van der Waals surface area contributed by atoms with E-state index in [1.165, 1.54) is 27.7 Å². The standard InChI is InChI=1S/C13H18BrN/c1-8-5-10(14)6-11-9(2)7-13(3,4)15-12(8)11/h5-6,9,15H,7H2,1-4H3. The van der Waals surface area contributed by atoms with Crippen molar-refractivity contribution in [1.29, 1.82) is 0 Å². The third kappa shape index (κ3) is 2.05. The van der Waals surface area contributed by atoms with Crippen molar-refractivity contribution in [3.63, 3.8) is 0 Å². The van der Waals surface area contributed by atoms with Crippen LogP contribution in [0.15, 0.2) is 16.6 Å². The molecule has 0 radical (unpaired) electrons. The zero-order valence-electron chi connectivity index (χ0n) is 9.82. The van der Waals surface area contributed by atoms with Gasteiger partial charge in [0.05, 0.1) is 0 Å². The maximum Gasteiger partial charge on any atom is 0.0410 e. The molecule has 1 atom stereocenters. The molecule has 0 saturated carbocycles. The second kappa shape index (κ2) is 3.51. The second-order valence-corrected chi connectivity index (χ2v) is 6.22. The van der Waals surface area contributed by atoms with Gasteiger partial charge in [-0.2, -0.15) is 0 Å². The molecule has 15 heavy (non-hydrogen) atoms. The van der Waals surface area contributed by atoms with Crippen LogP contribution in [0.2, 0.25) is 0 Å². The number of rotatable bonds is 0. The Bertz CT molecular complexity index is 396. The topological polar surface area (TPSA) is 12.0 Å². The molecule has 0 saturated heterocycles. The van der Waals surface area contributed by atoms with Gasteiger partial charge in [0, 0.05) is 15.7 Å². The van der Waals surface area contributed by atoms with E-state index in [0.717, 1.165) is 0 Å². The van der Waals surface area contributed by atoms with Crippen LogP contribution >= 0.6 is 15.9 Å². The smallest absolute Gasteiger partial charge is 0.0410 e. The van der Waals surface area contributed by atoms with Gasteiger partial charge in [0.15, 0.2) is 0 Å². The SMILES string of the molecule is Cc1cc(Br)cc2c1NC(C)(C)CC2C. The molecule has 2 heteroatoms. The number of hydrogen-bond acceptors (Lipinski definition) is 1. The maximum atomic E-state index is 3.64. The zero-order valence-corrected chi connectivity index (χ0v) is 11.4. The van der Waals surface area contributed by atoms with Gasteiger partial charge in [-0.3, -0.25) is 0 Å². The Morgan fingerprint density at radius 3 is 2.73 bits per heavy atom. The molecule has 1 heterocycles. The zero-order chi connectivity index (χ0) is 11.2. The predicted octanol–water partition coefficient (Wildman–Crippen LogP) is 4.46. The molecule has 82 valence electrons. The van der Waals surface area contributed by atoms with Crippen molar-refractivity contribution in [2.75, 3.05) is 5.32 Å². The van der Waals surface area contributed by atoms with Crippen LogP contribution in [-0.4, -0.2) is 5.54 Å². The molecular formula is C13H18BrN. The van der Waals surface area contributed by atoms with Crippen LogP contribution in [-0.2, 0) is 0 Å². The minimum Gasteiger partial charge on any atom is -0.380 e. The van der Waals surface area contributed by atoms with Gasteiger partial charge in [-0.1, -0.05) is 22.9 Å². The van der Waals surface area contributed by atoms with Crippen LogP contribution in [0.4, 0.5) is 5.69 Å². The Hall–Kier alpha value is -0.500. The molecule has 0 fully saturated rings. The van der Waals surface area contributed by atoms with Crippen LogP contribution in [0.1, 0.15) is 44.2 Å². The lowest BCUT2D eigenvalue weighted by Crippen LogP contribution is -2.37. The van der Waals surface area contributed by atoms with Crippen LogP contribution < -0.4 is 5.32 Å². The third-order valence-corrected chi connectivity index (χ3v) is 3.60. The van der Waals surface area contributed by atoms with E-state index in [1.54, 1.807) is 0 Å². The molecule has 2 rings (SSSR count). The fourth-order valence-corrected chi connectivity index (χ4v) is 3.18. The largest absolute Gasteiger partial charge is 0.380 e. The Morgan fingerprint density at radius 2 is 2.07 bits per heavy atom. The summed E-state index contributed by atoms with van der Waals surface area (Å²) in [6.07, 6.45) is 1.19. The fourth-order valence-electron chi connectivity index (χ4n) is 2.59. The highest BCUT2D eigenvalue weighted by Crippen LogP contribution is 2.41. The van der Waals surface area contributed by atoms with Crippen LogP contribution in [0, 0.1) is 6.92 Å². The molecule has 0 aromatic heterocycles. The van der Waals surface area contributed by atoms with Gasteiger partial charge in [0.1, 0.15) is 0 Å². The van der Waals surface area contributed by atoms with Crippen molar-refractivity contribution >= 4 is 21.6 Å². The highest BCUT2D eigenvalue weighted by atomic mass is 79.9. The summed E-state index contributed by atoms with van der Waals surface area (Å²) in [6.45, 7) is 9.03. The van der Waals surface area contributed by atoms with E-state index in [-0.39, 0.29) is 5.54 Å². The average molecular weight is 268 g/mol. The van der Waals surface area contributed by atoms with Gasteiger partial charge in [0.25, 0.3) is 0 Å². The Balaban J connectivity index is 2.55.